The van der Waals surface area contributed by atoms with Gasteiger partial charge in [0.15, 0.2) is 0 Å². The third-order valence-corrected chi connectivity index (χ3v) is 4.93. The molecule has 2 aromatic rings. The Bertz CT molecular complexity index is 864. The summed E-state index contributed by atoms with van der Waals surface area (Å²) in [4.78, 5) is 38.0. The molecule has 0 bridgehead atoms. The lowest BCUT2D eigenvalue weighted by atomic mass is 9.96. The number of nitrogens with one attached hydrogen (secondary N) is 1. The summed E-state index contributed by atoms with van der Waals surface area (Å²) in [5, 5.41) is 3.64. The van der Waals surface area contributed by atoms with Gasteiger partial charge >= 0.3 is 0 Å². The van der Waals surface area contributed by atoms with Crippen LogP contribution < -0.4 is 10.9 Å². The number of likely N-dealkylation sites (tertiary alicyclic amines) is 1. The van der Waals surface area contributed by atoms with Gasteiger partial charge in [-0.15, -0.1) is 0 Å². The van der Waals surface area contributed by atoms with Crippen LogP contribution in [-0.4, -0.2) is 40.9 Å². The van der Waals surface area contributed by atoms with E-state index in [1.807, 2.05) is 29.2 Å². The van der Waals surface area contributed by atoms with Gasteiger partial charge in [0, 0.05) is 45.1 Å². The van der Waals surface area contributed by atoms with Gasteiger partial charge in [-0.05, 0) is 24.8 Å². The lowest BCUT2D eigenvalue weighted by Crippen LogP contribution is -2.41. The van der Waals surface area contributed by atoms with Crippen molar-refractivity contribution in [2.75, 3.05) is 19.6 Å². The topological polar surface area (TPSA) is 71.4 Å². The smallest absolute Gasteiger partial charge is 0.254 e. The molecule has 0 atom stereocenters. The number of amides is 2. The maximum absolute atomic E-state index is 13.0. The number of fused-ring (bicyclic) bond motifs is 1. The van der Waals surface area contributed by atoms with Gasteiger partial charge in [-0.25, -0.2) is 0 Å². The first-order valence-corrected chi connectivity index (χ1v) is 8.60. The zero-order valence-corrected chi connectivity index (χ0v) is 14.6. The van der Waals surface area contributed by atoms with Gasteiger partial charge in [-0.2, -0.15) is 0 Å². The molecule has 2 heterocycles. The number of pyridine rings is 1. The van der Waals surface area contributed by atoms with Crippen LogP contribution in [0.2, 0.25) is 0 Å². The molecule has 0 aliphatic carbocycles. The predicted molar refractivity (Wildman–Crippen MR) is 96.5 cm³/mol. The molecule has 2 amide bonds. The van der Waals surface area contributed by atoms with Crippen molar-refractivity contribution in [1.82, 2.24) is 14.8 Å². The average molecular weight is 341 g/mol. The van der Waals surface area contributed by atoms with Crippen molar-refractivity contribution in [2.24, 2.45) is 13.0 Å². The van der Waals surface area contributed by atoms with Crippen molar-refractivity contribution < 1.29 is 9.59 Å². The van der Waals surface area contributed by atoms with Crippen LogP contribution in [-0.2, 0) is 11.8 Å². The second-order valence-electron chi connectivity index (χ2n) is 6.65. The number of carbonyl (C=O) groups excluding carboxylic acids is 2. The highest BCUT2D eigenvalue weighted by atomic mass is 16.2. The third kappa shape index (κ3) is 3.57. The first kappa shape index (κ1) is 17.2. The van der Waals surface area contributed by atoms with Crippen LogP contribution in [0.25, 0.3) is 10.9 Å². The number of hydrogen-bond acceptors (Lipinski definition) is 3. The van der Waals surface area contributed by atoms with E-state index in [9.17, 15) is 14.4 Å². The zero-order chi connectivity index (χ0) is 18.0. The summed E-state index contributed by atoms with van der Waals surface area (Å²) in [6, 6.07) is 8.92. The Kier molecular flexibility index (Phi) is 4.88. The SMILES string of the molecule is CC(=O)NCC1CCN(C(=O)c2cc(=O)n(C)c3ccccc23)CC1. The first-order valence-electron chi connectivity index (χ1n) is 8.60. The van der Waals surface area contributed by atoms with Crippen LogP contribution in [0.5, 0.6) is 0 Å². The molecule has 0 unspecified atom stereocenters. The van der Waals surface area contributed by atoms with Gasteiger partial charge in [0.25, 0.3) is 11.5 Å². The Labute approximate surface area is 146 Å². The summed E-state index contributed by atoms with van der Waals surface area (Å²) < 4.78 is 1.56. The molecule has 1 saturated heterocycles. The number of carbonyl (C=O) groups is 2. The summed E-state index contributed by atoms with van der Waals surface area (Å²) in [7, 11) is 1.71. The minimum atomic E-state index is -0.178. The van der Waals surface area contributed by atoms with Gasteiger partial charge in [-0.1, -0.05) is 18.2 Å². The van der Waals surface area contributed by atoms with Crippen molar-refractivity contribution >= 4 is 22.7 Å². The number of aromatic nitrogens is 1. The van der Waals surface area contributed by atoms with Crippen LogP contribution in [0.3, 0.4) is 0 Å². The molecule has 0 spiro atoms. The monoisotopic (exact) mass is 341 g/mol. The molecular formula is C19H23N3O3. The van der Waals surface area contributed by atoms with Crippen molar-refractivity contribution in [3.8, 4) is 0 Å². The molecule has 1 aliphatic heterocycles. The lowest BCUT2D eigenvalue weighted by Gasteiger charge is -2.32. The van der Waals surface area contributed by atoms with E-state index < -0.39 is 0 Å². The minimum absolute atomic E-state index is 0.0230. The van der Waals surface area contributed by atoms with Crippen LogP contribution in [0, 0.1) is 5.92 Å². The average Bonchev–Trinajstić information content (AvgIpc) is 2.63. The summed E-state index contributed by atoms with van der Waals surface area (Å²) in [6.45, 7) is 3.46. The fraction of sp³-hybridized carbons (Fsp3) is 0.421. The van der Waals surface area contributed by atoms with E-state index in [0.29, 0.717) is 31.1 Å². The Morgan fingerprint density at radius 2 is 1.88 bits per heavy atom. The highest BCUT2D eigenvalue weighted by Gasteiger charge is 2.25. The lowest BCUT2D eigenvalue weighted by molar-refractivity contribution is -0.119. The predicted octanol–water partition coefficient (Wildman–Crippen LogP) is 1.53. The molecule has 6 nitrogen and oxygen atoms in total. The molecule has 1 N–H and O–H groups in total. The van der Waals surface area contributed by atoms with Crippen molar-refractivity contribution in [1.29, 1.82) is 0 Å². The van der Waals surface area contributed by atoms with E-state index in [1.165, 1.54) is 13.0 Å². The van der Waals surface area contributed by atoms with Gasteiger partial charge < -0.3 is 14.8 Å². The molecule has 1 aliphatic rings. The van der Waals surface area contributed by atoms with Gasteiger partial charge in [0.05, 0.1) is 11.1 Å². The highest BCUT2D eigenvalue weighted by Crippen LogP contribution is 2.22. The van der Waals surface area contributed by atoms with Gasteiger partial charge in [0.1, 0.15) is 0 Å². The van der Waals surface area contributed by atoms with E-state index in [4.69, 9.17) is 0 Å². The number of para-hydroxylation sites is 1. The molecular weight excluding hydrogens is 318 g/mol. The minimum Gasteiger partial charge on any atom is -0.356 e. The highest BCUT2D eigenvalue weighted by molar-refractivity contribution is 6.06. The summed E-state index contributed by atoms with van der Waals surface area (Å²) in [5.74, 6) is 0.283. The maximum atomic E-state index is 13.0. The van der Waals surface area contributed by atoms with Gasteiger partial charge in [0.2, 0.25) is 5.91 Å². The van der Waals surface area contributed by atoms with Crippen molar-refractivity contribution in [2.45, 2.75) is 19.8 Å². The quantitative estimate of drug-likeness (QED) is 0.920. The Balaban J connectivity index is 1.79. The molecule has 1 aromatic carbocycles. The maximum Gasteiger partial charge on any atom is 0.254 e. The second kappa shape index (κ2) is 7.09. The molecule has 3 rings (SSSR count). The molecule has 1 aromatic heterocycles. The summed E-state index contributed by atoms with van der Waals surface area (Å²) in [6.07, 6.45) is 1.71. The molecule has 6 heteroatoms. The second-order valence-corrected chi connectivity index (χ2v) is 6.65. The summed E-state index contributed by atoms with van der Waals surface area (Å²) in [5.41, 5.74) is 1.06. The van der Waals surface area contributed by atoms with Crippen LogP contribution in [0.4, 0.5) is 0 Å². The van der Waals surface area contributed by atoms with E-state index in [0.717, 1.165) is 23.7 Å². The van der Waals surface area contributed by atoms with Gasteiger partial charge in [-0.3, -0.25) is 14.4 Å². The van der Waals surface area contributed by atoms with Crippen LogP contribution in [0.15, 0.2) is 35.1 Å². The standard InChI is InChI=1S/C19H23N3O3/c1-13(23)20-12-14-7-9-22(10-8-14)19(25)16-11-18(24)21(2)17-6-4-3-5-15(16)17/h3-6,11,14H,7-10,12H2,1-2H3,(H,20,23). The fourth-order valence-electron chi connectivity index (χ4n) is 3.39. The summed E-state index contributed by atoms with van der Waals surface area (Å²) >= 11 is 0. The molecule has 0 radical (unpaired) electrons. The molecule has 25 heavy (non-hydrogen) atoms. The largest absolute Gasteiger partial charge is 0.356 e. The van der Waals surface area contributed by atoms with Crippen LogP contribution >= 0.6 is 0 Å². The Morgan fingerprint density at radius 1 is 1.20 bits per heavy atom. The Morgan fingerprint density at radius 3 is 2.56 bits per heavy atom. The normalized spacial score (nSPS) is 15.4. The van der Waals surface area contributed by atoms with Crippen LogP contribution in [0.1, 0.15) is 30.1 Å². The first-order chi connectivity index (χ1) is 12.0. The number of piperidine rings is 1. The van der Waals surface area contributed by atoms with E-state index >= 15 is 0 Å². The number of aryl methyl sites for hydroxylation is 1. The molecule has 0 saturated carbocycles. The molecule has 132 valence electrons. The van der Waals surface area contributed by atoms with E-state index in [1.54, 1.807) is 11.6 Å². The third-order valence-electron chi connectivity index (χ3n) is 4.93. The number of nitrogens with zero attached hydrogens (tertiary/aromatic N) is 2. The molecule has 1 fully saturated rings. The number of rotatable bonds is 3. The number of hydrogen-bond donors (Lipinski definition) is 1. The Hall–Kier alpha value is -2.63. The fourth-order valence-corrected chi connectivity index (χ4v) is 3.39. The number of benzene rings is 1. The van der Waals surface area contributed by atoms with E-state index in [2.05, 4.69) is 5.32 Å². The van der Waals surface area contributed by atoms with Crippen molar-refractivity contribution in [3.05, 3.63) is 46.2 Å². The van der Waals surface area contributed by atoms with Crippen molar-refractivity contribution in [3.63, 3.8) is 0 Å². The zero-order valence-electron chi connectivity index (χ0n) is 14.6. The van der Waals surface area contributed by atoms with E-state index in [-0.39, 0.29) is 17.4 Å².